The number of nitrogens with zero attached hydrogens (tertiary/aromatic N) is 3. The maximum absolute atomic E-state index is 9.41. The van der Waals surface area contributed by atoms with Crippen LogP contribution in [0.25, 0.3) is 11.3 Å². The molecule has 0 spiro atoms. The topological polar surface area (TPSA) is 59.1 Å². The molecule has 1 aromatic heterocycles. The lowest BCUT2D eigenvalue weighted by molar-refractivity contribution is 0.416. The minimum absolute atomic E-state index is 0.224. The highest BCUT2D eigenvalue weighted by atomic mass is 32.1. The molecule has 0 saturated carbocycles. The molecule has 0 aliphatic carbocycles. The summed E-state index contributed by atoms with van der Waals surface area (Å²) >= 11 is 1.51. The van der Waals surface area contributed by atoms with Gasteiger partial charge in [0.25, 0.3) is 0 Å². The number of aromatic nitrogens is 1. The van der Waals surface area contributed by atoms with E-state index in [9.17, 15) is 5.11 Å². The van der Waals surface area contributed by atoms with Crippen LogP contribution in [0.5, 0.6) is 11.5 Å². The third-order valence-corrected chi connectivity index (χ3v) is 4.49. The van der Waals surface area contributed by atoms with E-state index in [2.05, 4.69) is 16.7 Å². The molecule has 132 valence electrons. The second-order valence-corrected chi connectivity index (χ2v) is 6.22. The Morgan fingerprint density at radius 1 is 1.19 bits per heavy atom. The first-order valence-electron chi connectivity index (χ1n) is 8.01. The first-order chi connectivity index (χ1) is 12.7. The standard InChI is InChI=1S/C20H19N3O2S/c1-3-12-21-20-23(22-13-15-8-10-16(24)11-9-15)18(14-26-20)17-6-4-5-7-19(17)25-2/h3-11,13-14,24H,1,12H2,2H3. The van der Waals surface area contributed by atoms with Crippen molar-refractivity contribution < 1.29 is 9.84 Å². The van der Waals surface area contributed by atoms with E-state index in [4.69, 9.17) is 4.74 Å². The van der Waals surface area contributed by atoms with Gasteiger partial charge in [-0.2, -0.15) is 5.10 Å². The van der Waals surface area contributed by atoms with Gasteiger partial charge in [-0.25, -0.2) is 4.68 Å². The highest BCUT2D eigenvalue weighted by Crippen LogP contribution is 2.29. The summed E-state index contributed by atoms with van der Waals surface area (Å²) in [5, 5.41) is 16.0. The Kier molecular flexibility index (Phi) is 5.66. The lowest BCUT2D eigenvalue weighted by Crippen LogP contribution is -2.12. The number of para-hydroxylation sites is 1. The third kappa shape index (κ3) is 3.92. The SMILES string of the molecule is C=CCN=c1scc(-c2ccccc2OC)n1N=Cc1ccc(O)cc1. The summed E-state index contributed by atoms with van der Waals surface area (Å²) in [5.74, 6) is 0.996. The van der Waals surface area contributed by atoms with E-state index in [0.29, 0.717) is 6.54 Å². The minimum atomic E-state index is 0.224. The number of hydrogen-bond donors (Lipinski definition) is 1. The van der Waals surface area contributed by atoms with Gasteiger partial charge in [-0.15, -0.1) is 17.9 Å². The van der Waals surface area contributed by atoms with Gasteiger partial charge in [0.15, 0.2) is 0 Å². The predicted octanol–water partition coefficient (Wildman–Crippen LogP) is 3.90. The maximum Gasteiger partial charge on any atom is 0.206 e. The zero-order valence-corrected chi connectivity index (χ0v) is 15.2. The molecule has 1 heterocycles. The number of methoxy groups -OCH3 is 1. The largest absolute Gasteiger partial charge is 0.508 e. The molecule has 0 aliphatic heterocycles. The fourth-order valence-corrected chi connectivity index (χ4v) is 3.23. The van der Waals surface area contributed by atoms with E-state index in [1.807, 2.05) is 29.6 Å². The van der Waals surface area contributed by atoms with Crippen molar-refractivity contribution in [2.45, 2.75) is 0 Å². The molecule has 0 fully saturated rings. The molecule has 2 aromatic carbocycles. The fraction of sp³-hybridized carbons (Fsp3) is 0.100. The van der Waals surface area contributed by atoms with Crippen molar-refractivity contribution in [3.8, 4) is 22.8 Å². The highest BCUT2D eigenvalue weighted by Gasteiger charge is 2.11. The van der Waals surface area contributed by atoms with Crippen LogP contribution < -0.4 is 9.54 Å². The Hall–Kier alpha value is -3.12. The molecule has 26 heavy (non-hydrogen) atoms. The number of rotatable bonds is 6. The van der Waals surface area contributed by atoms with Gasteiger partial charge in [0.2, 0.25) is 4.80 Å². The molecule has 3 aromatic rings. The second-order valence-electron chi connectivity index (χ2n) is 5.38. The molecule has 6 heteroatoms. The van der Waals surface area contributed by atoms with E-state index in [-0.39, 0.29) is 5.75 Å². The van der Waals surface area contributed by atoms with Crippen LogP contribution in [-0.2, 0) is 0 Å². The van der Waals surface area contributed by atoms with E-state index in [1.54, 1.807) is 48.3 Å². The molecule has 3 rings (SSSR count). The molecule has 0 bridgehead atoms. The Bertz CT molecular complexity index is 985. The van der Waals surface area contributed by atoms with Gasteiger partial charge >= 0.3 is 0 Å². The molecule has 0 amide bonds. The van der Waals surface area contributed by atoms with Crippen molar-refractivity contribution in [3.05, 3.63) is 76.9 Å². The number of aromatic hydroxyl groups is 1. The summed E-state index contributed by atoms with van der Waals surface area (Å²) in [6, 6.07) is 14.7. The van der Waals surface area contributed by atoms with E-state index in [0.717, 1.165) is 27.4 Å². The van der Waals surface area contributed by atoms with Gasteiger partial charge < -0.3 is 9.84 Å². The van der Waals surface area contributed by atoms with Crippen LogP contribution in [0.15, 0.2) is 76.7 Å². The first kappa shape index (κ1) is 17.7. The third-order valence-electron chi connectivity index (χ3n) is 3.64. The minimum Gasteiger partial charge on any atom is -0.508 e. The molecule has 5 nitrogen and oxygen atoms in total. The number of phenols is 1. The molecule has 0 aliphatic rings. The van der Waals surface area contributed by atoms with Gasteiger partial charge in [-0.3, -0.25) is 4.99 Å². The van der Waals surface area contributed by atoms with Crippen molar-refractivity contribution in [3.63, 3.8) is 0 Å². The summed E-state index contributed by atoms with van der Waals surface area (Å²) in [6.45, 7) is 4.23. The summed E-state index contributed by atoms with van der Waals surface area (Å²) in [6.07, 6.45) is 3.48. The Balaban J connectivity index is 2.10. The van der Waals surface area contributed by atoms with Crippen molar-refractivity contribution >= 4 is 17.6 Å². The predicted molar refractivity (Wildman–Crippen MR) is 106 cm³/mol. The number of benzene rings is 2. The monoisotopic (exact) mass is 365 g/mol. The molecular weight excluding hydrogens is 346 g/mol. The van der Waals surface area contributed by atoms with Crippen LogP contribution in [0.1, 0.15) is 5.56 Å². The maximum atomic E-state index is 9.41. The van der Waals surface area contributed by atoms with Gasteiger partial charge in [-0.1, -0.05) is 18.2 Å². The molecule has 0 saturated heterocycles. The van der Waals surface area contributed by atoms with Crippen molar-refractivity contribution in [1.82, 2.24) is 4.68 Å². The number of hydrogen-bond acceptors (Lipinski definition) is 5. The van der Waals surface area contributed by atoms with Crippen molar-refractivity contribution in [1.29, 1.82) is 0 Å². The van der Waals surface area contributed by atoms with Crippen LogP contribution >= 0.6 is 11.3 Å². The fourth-order valence-electron chi connectivity index (χ4n) is 2.39. The zero-order chi connectivity index (χ0) is 18.4. The van der Waals surface area contributed by atoms with E-state index >= 15 is 0 Å². The average Bonchev–Trinajstić information content (AvgIpc) is 3.08. The summed E-state index contributed by atoms with van der Waals surface area (Å²) < 4.78 is 7.28. The summed E-state index contributed by atoms with van der Waals surface area (Å²) in [4.78, 5) is 5.29. The van der Waals surface area contributed by atoms with E-state index in [1.165, 1.54) is 11.3 Å². The number of ether oxygens (including phenoxy) is 1. The molecule has 0 radical (unpaired) electrons. The summed E-state index contributed by atoms with van der Waals surface area (Å²) in [7, 11) is 1.65. The van der Waals surface area contributed by atoms with Crippen molar-refractivity contribution in [2.24, 2.45) is 10.1 Å². The summed E-state index contributed by atoms with van der Waals surface area (Å²) in [5.41, 5.74) is 2.71. The van der Waals surface area contributed by atoms with Crippen LogP contribution in [0, 0.1) is 0 Å². The Labute approximate surface area is 155 Å². The second kappa shape index (κ2) is 8.31. The molecule has 1 N–H and O–H groups in total. The Morgan fingerprint density at radius 3 is 2.69 bits per heavy atom. The van der Waals surface area contributed by atoms with Crippen LogP contribution in [-0.4, -0.2) is 29.7 Å². The first-order valence-corrected chi connectivity index (χ1v) is 8.89. The zero-order valence-electron chi connectivity index (χ0n) is 14.4. The smallest absolute Gasteiger partial charge is 0.206 e. The van der Waals surface area contributed by atoms with Crippen LogP contribution in [0.4, 0.5) is 0 Å². The van der Waals surface area contributed by atoms with Gasteiger partial charge in [-0.05, 0) is 42.0 Å². The molecular formula is C20H19N3O2S. The quantitative estimate of drug-likeness (QED) is 0.532. The van der Waals surface area contributed by atoms with Crippen molar-refractivity contribution in [2.75, 3.05) is 13.7 Å². The number of thiazole rings is 1. The highest BCUT2D eigenvalue weighted by molar-refractivity contribution is 7.07. The van der Waals surface area contributed by atoms with E-state index < -0.39 is 0 Å². The van der Waals surface area contributed by atoms with Gasteiger partial charge in [0, 0.05) is 10.9 Å². The molecule has 0 atom stereocenters. The lowest BCUT2D eigenvalue weighted by Gasteiger charge is -2.08. The lowest BCUT2D eigenvalue weighted by atomic mass is 10.1. The number of phenolic OH excluding ortho intramolecular Hbond substituents is 1. The van der Waals surface area contributed by atoms with Crippen LogP contribution in [0.3, 0.4) is 0 Å². The average molecular weight is 365 g/mol. The Morgan fingerprint density at radius 2 is 1.96 bits per heavy atom. The van der Waals surface area contributed by atoms with Gasteiger partial charge in [0.05, 0.1) is 25.6 Å². The van der Waals surface area contributed by atoms with Crippen LogP contribution in [0.2, 0.25) is 0 Å². The molecule has 0 unspecified atom stereocenters. The normalized spacial score (nSPS) is 11.8. The van der Waals surface area contributed by atoms with Gasteiger partial charge in [0.1, 0.15) is 11.5 Å².